The molecule has 0 bridgehead atoms. The Balaban J connectivity index is 2.71. The standard InChI is InChI=1S/C18H20O2/c1-12-7-5-6-8-14(12)16-11-13(18(2,3)4)9-10-15(16)17(19)20/h5-11H,1-4H3,(H,19,20). The fourth-order valence-electron chi connectivity index (χ4n) is 2.30. The Morgan fingerprint density at radius 2 is 1.65 bits per heavy atom. The minimum absolute atomic E-state index is 0.00549. The number of carbonyl (C=O) groups is 1. The van der Waals surface area contributed by atoms with Gasteiger partial charge < -0.3 is 5.11 Å². The Morgan fingerprint density at radius 1 is 1.00 bits per heavy atom. The summed E-state index contributed by atoms with van der Waals surface area (Å²) in [5, 5.41) is 9.41. The number of aryl methyl sites for hydroxylation is 1. The molecule has 0 aliphatic heterocycles. The normalized spacial score (nSPS) is 11.4. The number of hydrogen-bond donors (Lipinski definition) is 1. The van der Waals surface area contributed by atoms with E-state index in [1.807, 2.05) is 43.3 Å². The van der Waals surface area contributed by atoms with Gasteiger partial charge in [-0.2, -0.15) is 0 Å². The van der Waals surface area contributed by atoms with E-state index in [0.29, 0.717) is 5.56 Å². The van der Waals surface area contributed by atoms with E-state index in [1.165, 1.54) is 0 Å². The van der Waals surface area contributed by atoms with Crippen molar-refractivity contribution >= 4 is 5.97 Å². The van der Waals surface area contributed by atoms with Gasteiger partial charge >= 0.3 is 5.97 Å². The largest absolute Gasteiger partial charge is 0.478 e. The molecule has 0 unspecified atom stereocenters. The van der Waals surface area contributed by atoms with Crippen LogP contribution in [0.2, 0.25) is 0 Å². The third-order valence-corrected chi connectivity index (χ3v) is 3.55. The zero-order valence-electron chi connectivity index (χ0n) is 12.4. The number of aromatic carboxylic acids is 1. The Labute approximate surface area is 120 Å². The SMILES string of the molecule is Cc1ccccc1-c1cc(C(C)(C)C)ccc1C(=O)O. The van der Waals surface area contributed by atoms with Crippen LogP contribution < -0.4 is 0 Å². The molecule has 0 saturated heterocycles. The van der Waals surface area contributed by atoms with Crippen LogP contribution in [0.5, 0.6) is 0 Å². The van der Waals surface area contributed by atoms with Gasteiger partial charge in [0.25, 0.3) is 0 Å². The molecular weight excluding hydrogens is 248 g/mol. The summed E-state index contributed by atoms with van der Waals surface area (Å²) < 4.78 is 0. The van der Waals surface area contributed by atoms with Crippen LogP contribution in [-0.4, -0.2) is 11.1 Å². The van der Waals surface area contributed by atoms with E-state index < -0.39 is 5.97 Å². The van der Waals surface area contributed by atoms with Crippen molar-refractivity contribution in [2.45, 2.75) is 33.1 Å². The highest BCUT2D eigenvalue weighted by Gasteiger charge is 2.19. The predicted octanol–water partition coefficient (Wildman–Crippen LogP) is 4.66. The van der Waals surface area contributed by atoms with Crippen LogP contribution in [0.15, 0.2) is 42.5 Å². The Bertz CT molecular complexity index is 649. The average Bonchev–Trinajstić information content (AvgIpc) is 2.37. The third-order valence-electron chi connectivity index (χ3n) is 3.55. The topological polar surface area (TPSA) is 37.3 Å². The molecule has 0 atom stereocenters. The van der Waals surface area contributed by atoms with Crippen LogP contribution in [0.1, 0.15) is 42.3 Å². The van der Waals surface area contributed by atoms with E-state index in [-0.39, 0.29) is 5.41 Å². The summed E-state index contributed by atoms with van der Waals surface area (Å²) in [7, 11) is 0. The molecule has 104 valence electrons. The second kappa shape index (κ2) is 5.12. The van der Waals surface area contributed by atoms with Gasteiger partial charge in [0.2, 0.25) is 0 Å². The van der Waals surface area contributed by atoms with Gasteiger partial charge in [0.15, 0.2) is 0 Å². The molecular formula is C18H20O2. The molecule has 2 nitrogen and oxygen atoms in total. The summed E-state index contributed by atoms with van der Waals surface area (Å²) in [6.45, 7) is 8.39. The second-order valence-corrected chi connectivity index (χ2v) is 6.13. The molecule has 0 aliphatic carbocycles. The Kier molecular flexibility index (Phi) is 3.67. The average molecular weight is 268 g/mol. The third kappa shape index (κ3) is 2.74. The maximum absolute atomic E-state index is 11.5. The number of carboxylic acid groups (broad SMARTS) is 1. The lowest BCUT2D eigenvalue weighted by Gasteiger charge is -2.21. The first-order chi connectivity index (χ1) is 9.30. The van der Waals surface area contributed by atoms with Gasteiger partial charge in [-0.3, -0.25) is 0 Å². The molecule has 2 heteroatoms. The van der Waals surface area contributed by atoms with Crippen LogP contribution in [0, 0.1) is 6.92 Å². The number of carboxylic acids is 1. The minimum atomic E-state index is -0.885. The molecule has 0 amide bonds. The fourth-order valence-corrected chi connectivity index (χ4v) is 2.30. The van der Waals surface area contributed by atoms with Gasteiger partial charge in [0.1, 0.15) is 0 Å². The van der Waals surface area contributed by atoms with Crippen LogP contribution in [-0.2, 0) is 5.41 Å². The number of hydrogen-bond acceptors (Lipinski definition) is 1. The van der Waals surface area contributed by atoms with Crippen molar-refractivity contribution in [3.63, 3.8) is 0 Å². The maximum atomic E-state index is 11.5. The molecule has 0 saturated carbocycles. The molecule has 0 fully saturated rings. The molecule has 0 aromatic heterocycles. The van der Waals surface area contributed by atoms with E-state index >= 15 is 0 Å². The molecule has 20 heavy (non-hydrogen) atoms. The summed E-state index contributed by atoms with van der Waals surface area (Å²) >= 11 is 0. The van der Waals surface area contributed by atoms with Gasteiger partial charge in [0, 0.05) is 0 Å². The monoisotopic (exact) mass is 268 g/mol. The van der Waals surface area contributed by atoms with E-state index in [0.717, 1.165) is 22.3 Å². The predicted molar refractivity (Wildman–Crippen MR) is 82.3 cm³/mol. The Morgan fingerprint density at radius 3 is 2.20 bits per heavy atom. The van der Waals surface area contributed by atoms with Crippen molar-refractivity contribution in [3.05, 3.63) is 59.2 Å². The van der Waals surface area contributed by atoms with Crippen LogP contribution in [0.25, 0.3) is 11.1 Å². The summed E-state index contributed by atoms with van der Waals surface area (Å²) in [5.74, 6) is -0.885. The van der Waals surface area contributed by atoms with Crippen LogP contribution >= 0.6 is 0 Å². The van der Waals surface area contributed by atoms with Crippen molar-refractivity contribution in [1.82, 2.24) is 0 Å². The van der Waals surface area contributed by atoms with E-state index in [2.05, 4.69) is 20.8 Å². The summed E-state index contributed by atoms with van der Waals surface area (Å²) in [6, 6.07) is 13.5. The summed E-state index contributed by atoms with van der Waals surface area (Å²) in [5.41, 5.74) is 4.35. The molecule has 0 aliphatic rings. The highest BCUT2D eigenvalue weighted by atomic mass is 16.4. The van der Waals surface area contributed by atoms with Crippen molar-refractivity contribution in [2.24, 2.45) is 0 Å². The molecule has 0 spiro atoms. The van der Waals surface area contributed by atoms with E-state index in [4.69, 9.17) is 0 Å². The summed E-state index contributed by atoms with van der Waals surface area (Å²) in [4.78, 5) is 11.5. The van der Waals surface area contributed by atoms with Crippen molar-refractivity contribution in [2.75, 3.05) is 0 Å². The fraction of sp³-hybridized carbons (Fsp3) is 0.278. The van der Waals surface area contributed by atoms with E-state index in [9.17, 15) is 9.90 Å². The van der Waals surface area contributed by atoms with Gasteiger partial charge in [-0.05, 0) is 46.7 Å². The molecule has 2 rings (SSSR count). The highest BCUT2D eigenvalue weighted by Crippen LogP contribution is 2.32. The summed E-state index contributed by atoms with van der Waals surface area (Å²) in [6.07, 6.45) is 0. The lowest BCUT2D eigenvalue weighted by atomic mass is 9.83. The quantitative estimate of drug-likeness (QED) is 0.860. The maximum Gasteiger partial charge on any atom is 0.336 e. The Hall–Kier alpha value is -2.09. The van der Waals surface area contributed by atoms with Crippen molar-refractivity contribution < 1.29 is 9.90 Å². The second-order valence-electron chi connectivity index (χ2n) is 6.13. The highest BCUT2D eigenvalue weighted by molar-refractivity contribution is 5.96. The molecule has 2 aromatic carbocycles. The minimum Gasteiger partial charge on any atom is -0.478 e. The van der Waals surface area contributed by atoms with E-state index in [1.54, 1.807) is 6.07 Å². The molecule has 0 radical (unpaired) electrons. The molecule has 0 heterocycles. The van der Waals surface area contributed by atoms with Gasteiger partial charge in [-0.15, -0.1) is 0 Å². The molecule has 2 aromatic rings. The first-order valence-electron chi connectivity index (χ1n) is 6.74. The first kappa shape index (κ1) is 14.3. The van der Waals surface area contributed by atoms with Crippen LogP contribution in [0.3, 0.4) is 0 Å². The van der Waals surface area contributed by atoms with Gasteiger partial charge in [0.05, 0.1) is 5.56 Å². The zero-order chi connectivity index (χ0) is 14.9. The van der Waals surface area contributed by atoms with Gasteiger partial charge in [-0.25, -0.2) is 4.79 Å². The number of benzene rings is 2. The van der Waals surface area contributed by atoms with Crippen molar-refractivity contribution in [1.29, 1.82) is 0 Å². The van der Waals surface area contributed by atoms with Crippen molar-refractivity contribution in [3.8, 4) is 11.1 Å². The smallest absolute Gasteiger partial charge is 0.336 e. The van der Waals surface area contributed by atoms with Gasteiger partial charge in [-0.1, -0.05) is 51.1 Å². The number of rotatable bonds is 2. The van der Waals surface area contributed by atoms with Crippen LogP contribution in [0.4, 0.5) is 0 Å². The lowest BCUT2D eigenvalue weighted by Crippen LogP contribution is -2.12. The zero-order valence-corrected chi connectivity index (χ0v) is 12.4. The lowest BCUT2D eigenvalue weighted by molar-refractivity contribution is 0.0697. The molecule has 1 N–H and O–H groups in total. The first-order valence-corrected chi connectivity index (χ1v) is 6.74.